The van der Waals surface area contributed by atoms with Crippen LogP contribution in [0.25, 0.3) is 10.9 Å². The summed E-state index contributed by atoms with van der Waals surface area (Å²) in [5, 5.41) is 9.65. The van der Waals surface area contributed by atoms with Crippen molar-refractivity contribution in [2.75, 3.05) is 19.7 Å². The van der Waals surface area contributed by atoms with Crippen LogP contribution in [0.2, 0.25) is 0 Å². The van der Waals surface area contributed by atoms with Crippen LogP contribution in [0.5, 0.6) is 0 Å². The Morgan fingerprint density at radius 2 is 2.35 bits per heavy atom. The van der Waals surface area contributed by atoms with E-state index >= 15 is 0 Å². The number of rotatable bonds is 2. The van der Waals surface area contributed by atoms with Gasteiger partial charge in [-0.15, -0.1) is 0 Å². The van der Waals surface area contributed by atoms with E-state index in [-0.39, 0.29) is 24.2 Å². The molecule has 1 fully saturated rings. The standard InChI is InChI=1S/C15H17FN2O2/c16-12-4-1-5-13-11(12)7-14(17-13)15(20)18-6-2-3-10(8-18)9-19/h1,4-5,7,10,17,19H,2-3,6,8-9H2. The van der Waals surface area contributed by atoms with Crippen molar-refractivity contribution >= 4 is 16.8 Å². The maximum atomic E-state index is 13.6. The predicted octanol–water partition coefficient (Wildman–Crippen LogP) is 2.15. The number of carbonyl (C=O) groups is 1. The molecule has 4 nitrogen and oxygen atoms in total. The second kappa shape index (κ2) is 5.25. The maximum Gasteiger partial charge on any atom is 0.270 e. The molecule has 2 N–H and O–H groups in total. The molecule has 2 heterocycles. The van der Waals surface area contributed by atoms with Gasteiger partial charge in [0.1, 0.15) is 11.5 Å². The van der Waals surface area contributed by atoms with Crippen LogP contribution in [0.15, 0.2) is 24.3 Å². The van der Waals surface area contributed by atoms with Crippen molar-refractivity contribution in [2.45, 2.75) is 12.8 Å². The molecule has 0 radical (unpaired) electrons. The highest BCUT2D eigenvalue weighted by atomic mass is 19.1. The first-order chi connectivity index (χ1) is 9.69. The third-order valence-corrected chi connectivity index (χ3v) is 3.91. The largest absolute Gasteiger partial charge is 0.396 e. The van der Waals surface area contributed by atoms with E-state index in [1.165, 1.54) is 6.07 Å². The Morgan fingerprint density at radius 1 is 1.50 bits per heavy atom. The zero-order valence-corrected chi connectivity index (χ0v) is 11.1. The second-order valence-electron chi connectivity index (χ2n) is 5.33. The van der Waals surface area contributed by atoms with Gasteiger partial charge in [-0.3, -0.25) is 4.79 Å². The SMILES string of the molecule is O=C(c1cc2c(F)cccc2[nH]1)N1CCCC(CO)C1. The summed E-state index contributed by atoms with van der Waals surface area (Å²) in [6, 6.07) is 6.32. The first-order valence-electron chi connectivity index (χ1n) is 6.86. The number of nitrogens with zero attached hydrogens (tertiary/aromatic N) is 1. The van der Waals surface area contributed by atoms with Crippen molar-refractivity contribution in [3.8, 4) is 0 Å². The number of benzene rings is 1. The highest BCUT2D eigenvalue weighted by Gasteiger charge is 2.25. The normalized spacial score (nSPS) is 19.5. The molecule has 1 aliphatic rings. The summed E-state index contributed by atoms with van der Waals surface area (Å²) >= 11 is 0. The first-order valence-corrected chi connectivity index (χ1v) is 6.86. The molecule has 1 amide bonds. The van der Waals surface area contributed by atoms with Gasteiger partial charge in [-0.1, -0.05) is 6.07 Å². The van der Waals surface area contributed by atoms with Gasteiger partial charge in [0.05, 0.1) is 0 Å². The third-order valence-electron chi connectivity index (χ3n) is 3.91. The van der Waals surface area contributed by atoms with Gasteiger partial charge >= 0.3 is 0 Å². The summed E-state index contributed by atoms with van der Waals surface area (Å²) in [5.74, 6) is -0.308. The van der Waals surface area contributed by atoms with Gasteiger partial charge in [0, 0.05) is 30.6 Å². The minimum Gasteiger partial charge on any atom is -0.396 e. The quantitative estimate of drug-likeness (QED) is 0.883. The van der Waals surface area contributed by atoms with Crippen LogP contribution in [-0.2, 0) is 0 Å². The zero-order chi connectivity index (χ0) is 14.1. The van der Waals surface area contributed by atoms with E-state index < -0.39 is 0 Å². The molecule has 1 aromatic heterocycles. The fourth-order valence-corrected chi connectivity index (χ4v) is 2.80. The average Bonchev–Trinajstić information content (AvgIpc) is 2.92. The van der Waals surface area contributed by atoms with Crippen LogP contribution in [0, 0.1) is 11.7 Å². The maximum absolute atomic E-state index is 13.6. The summed E-state index contributed by atoms with van der Waals surface area (Å²) in [6.45, 7) is 1.35. The van der Waals surface area contributed by atoms with E-state index in [0.29, 0.717) is 29.7 Å². The molecule has 1 atom stereocenters. The molecule has 1 unspecified atom stereocenters. The van der Waals surface area contributed by atoms with Crippen LogP contribution in [0.1, 0.15) is 23.3 Å². The summed E-state index contributed by atoms with van der Waals surface area (Å²) in [6.07, 6.45) is 1.84. The highest BCUT2D eigenvalue weighted by Crippen LogP contribution is 2.22. The lowest BCUT2D eigenvalue weighted by Gasteiger charge is -2.31. The van der Waals surface area contributed by atoms with Gasteiger partial charge in [0.15, 0.2) is 0 Å². The number of aliphatic hydroxyl groups is 1. The van der Waals surface area contributed by atoms with Crippen molar-refractivity contribution in [1.82, 2.24) is 9.88 Å². The fraction of sp³-hybridized carbons (Fsp3) is 0.400. The number of carbonyl (C=O) groups excluding carboxylic acids is 1. The Morgan fingerprint density at radius 3 is 3.10 bits per heavy atom. The molecule has 20 heavy (non-hydrogen) atoms. The van der Waals surface area contributed by atoms with Crippen molar-refractivity contribution in [1.29, 1.82) is 0 Å². The molecule has 0 saturated carbocycles. The number of amides is 1. The van der Waals surface area contributed by atoms with Crippen LogP contribution in [0.3, 0.4) is 0 Å². The van der Waals surface area contributed by atoms with E-state index in [2.05, 4.69) is 4.98 Å². The van der Waals surface area contributed by atoms with E-state index in [4.69, 9.17) is 0 Å². The van der Waals surface area contributed by atoms with Crippen molar-refractivity contribution in [3.05, 3.63) is 35.8 Å². The van der Waals surface area contributed by atoms with Gasteiger partial charge in [-0.25, -0.2) is 4.39 Å². The predicted molar refractivity (Wildman–Crippen MR) is 74.0 cm³/mol. The minimum absolute atomic E-state index is 0.102. The lowest BCUT2D eigenvalue weighted by atomic mass is 9.99. The summed E-state index contributed by atoms with van der Waals surface area (Å²) in [5.41, 5.74) is 1.03. The van der Waals surface area contributed by atoms with Crippen molar-refractivity contribution in [3.63, 3.8) is 0 Å². The van der Waals surface area contributed by atoms with Gasteiger partial charge in [-0.2, -0.15) is 0 Å². The Balaban J connectivity index is 1.86. The number of hydrogen-bond donors (Lipinski definition) is 2. The minimum atomic E-state index is -0.329. The monoisotopic (exact) mass is 276 g/mol. The van der Waals surface area contributed by atoms with Gasteiger partial charge in [-0.05, 0) is 37.0 Å². The highest BCUT2D eigenvalue weighted by molar-refractivity contribution is 5.98. The Labute approximate surface area is 116 Å². The number of H-pyrrole nitrogens is 1. The number of nitrogens with one attached hydrogen (secondary N) is 1. The number of piperidine rings is 1. The van der Waals surface area contributed by atoms with E-state index in [9.17, 15) is 14.3 Å². The smallest absolute Gasteiger partial charge is 0.270 e. The van der Waals surface area contributed by atoms with Crippen molar-refractivity contribution < 1.29 is 14.3 Å². The summed E-state index contributed by atoms with van der Waals surface area (Å²) in [4.78, 5) is 17.1. The lowest BCUT2D eigenvalue weighted by Crippen LogP contribution is -2.41. The average molecular weight is 276 g/mol. The fourth-order valence-electron chi connectivity index (χ4n) is 2.80. The van der Waals surface area contributed by atoms with E-state index in [0.717, 1.165) is 12.8 Å². The Bertz CT molecular complexity index is 638. The molecule has 0 bridgehead atoms. The number of halogens is 1. The summed E-state index contributed by atoms with van der Waals surface area (Å²) in [7, 11) is 0. The molecule has 106 valence electrons. The van der Waals surface area contributed by atoms with Gasteiger partial charge in [0.25, 0.3) is 5.91 Å². The van der Waals surface area contributed by atoms with Crippen molar-refractivity contribution in [2.24, 2.45) is 5.92 Å². The third kappa shape index (κ3) is 2.29. The number of aromatic nitrogens is 1. The van der Waals surface area contributed by atoms with Crippen LogP contribution in [-0.4, -0.2) is 40.6 Å². The molecule has 0 spiro atoms. The van der Waals surface area contributed by atoms with Crippen LogP contribution < -0.4 is 0 Å². The molecule has 2 aromatic rings. The molecular weight excluding hydrogens is 259 g/mol. The van der Waals surface area contributed by atoms with Gasteiger partial charge in [0.2, 0.25) is 0 Å². The second-order valence-corrected chi connectivity index (χ2v) is 5.33. The molecular formula is C15H17FN2O2. The molecule has 1 saturated heterocycles. The number of aromatic amines is 1. The van der Waals surface area contributed by atoms with Crippen LogP contribution in [0.4, 0.5) is 4.39 Å². The number of fused-ring (bicyclic) bond motifs is 1. The molecule has 0 aliphatic carbocycles. The molecule has 3 rings (SSSR count). The van der Waals surface area contributed by atoms with Gasteiger partial charge < -0.3 is 15.0 Å². The topological polar surface area (TPSA) is 56.3 Å². The van der Waals surface area contributed by atoms with E-state index in [1.807, 2.05) is 0 Å². The first kappa shape index (κ1) is 13.1. The number of likely N-dealkylation sites (tertiary alicyclic amines) is 1. The molecule has 5 heteroatoms. The number of hydrogen-bond acceptors (Lipinski definition) is 2. The van der Waals surface area contributed by atoms with Crippen LogP contribution >= 0.6 is 0 Å². The molecule has 1 aliphatic heterocycles. The zero-order valence-electron chi connectivity index (χ0n) is 11.1. The Hall–Kier alpha value is -1.88. The van der Waals surface area contributed by atoms with E-state index in [1.54, 1.807) is 23.1 Å². The summed E-state index contributed by atoms with van der Waals surface area (Å²) < 4.78 is 13.6. The molecule has 1 aromatic carbocycles. The number of aliphatic hydroxyl groups excluding tert-OH is 1. The lowest BCUT2D eigenvalue weighted by molar-refractivity contribution is 0.0616. The Kier molecular flexibility index (Phi) is 3.44.